The maximum Gasteiger partial charge on any atom is 0.416 e. The highest BCUT2D eigenvalue weighted by Crippen LogP contribution is 2.37. The summed E-state index contributed by atoms with van der Waals surface area (Å²) in [4.78, 5) is 28.9. The Balaban J connectivity index is 1.88. The molecule has 0 aliphatic carbocycles. The SMILES string of the molecule is CCNC(=O)[C@@H](Cc1ccccc1)N(Cc1ccc(Cl)cc1Cl)C(=O)CN(c1cc(C(F)(F)F)ccc1Cl)S(=O)(=O)c1ccccc1. The van der Waals surface area contributed by atoms with Gasteiger partial charge in [0.15, 0.2) is 0 Å². The molecule has 2 amide bonds. The van der Waals surface area contributed by atoms with E-state index in [0.29, 0.717) is 32.6 Å². The van der Waals surface area contributed by atoms with Crippen LogP contribution in [0.3, 0.4) is 0 Å². The van der Waals surface area contributed by atoms with E-state index >= 15 is 0 Å². The molecule has 0 spiro atoms. The van der Waals surface area contributed by atoms with Gasteiger partial charge in [-0.05, 0) is 60.5 Å². The molecule has 248 valence electrons. The first-order chi connectivity index (χ1) is 22.2. The van der Waals surface area contributed by atoms with Crippen molar-refractivity contribution < 1.29 is 31.2 Å². The van der Waals surface area contributed by atoms with Gasteiger partial charge in [-0.3, -0.25) is 13.9 Å². The third-order valence-corrected chi connectivity index (χ3v) is 9.81. The van der Waals surface area contributed by atoms with Gasteiger partial charge < -0.3 is 10.2 Å². The molecular formula is C33H29Cl3F3N3O4S. The molecule has 4 aromatic carbocycles. The average molecular weight is 727 g/mol. The Hall–Kier alpha value is -3.77. The molecule has 4 aromatic rings. The second kappa shape index (κ2) is 15.4. The molecule has 0 aromatic heterocycles. The first-order valence-corrected chi connectivity index (χ1v) is 16.8. The van der Waals surface area contributed by atoms with Crippen molar-refractivity contribution in [3.63, 3.8) is 0 Å². The number of rotatable bonds is 12. The van der Waals surface area contributed by atoms with Crippen LogP contribution in [0.2, 0.25) is 15.1 Å². The Morgan fingerprint density at radius 1 is 0.851 bits per heavy atom. The Kier molecular flexibility index (Phi) is 11.8. The van der Waals surface area contributed by atoms with E-state index in [9.17, 15) is 31.2 Å². The molecule has 0 fully saturated rings. The fourth-order valence-electron chi connectivity index (χ4n) is 4.79. The highest BCUT2D eigenvalue weighted by molar-refractivity contribution is 7.92. The maximum atomic E-state index is 14.4. The Morgan fingerprint density at radius 2 is 1.49 bits per heavy atom. The third-order valence-electron chi connectivity index (χ3n) is 7.13. The summed E-state index contributed by atoms with van der Waals surface area (Å²) in [6.07, 6.45) is -4.82. The maximum absolute atomic E-state index is 14.4. The largest absolute Gasteiger partial charge is 0.416 e. The van der Waals surface area contributed by atoms with E-state index in [1.165, 1.54) is 36.4 Å². The number of amides is 2. The lowest BCUT2D eigenvalue weighted by molar-refractivity contribution is -0.140. The zero-order chi connectivity index (χ0) is 34.4. The number of sulfonamides is 1. The number of hydrogen-bond acceptors (Lipinski definition) is 4. The van der Waals surface area contributed by atoms with Crippen molar-refractivity contribution in [3.05, 3.63) is 129 Å². The van der Waals surface area contributed by atoms with E-state index < -0.39 is 51.9 Å². The van der Waals surface area contributed by atoms with Crippen molar-refractivity contribution in [1.82, 2.24) is 10.2 Å². The fraction of sp³-hybridized carbons (Fsp3) is 0.212. The topological polar surface area (TPSA) is 86.8 Å². The number of anilines is 1. The van der Waals surface area contributed by atoms with Crippen molar-refractivity contribution in [1.29, 1.82) is 0 Å². The second-order valence-corrected chi connectivity index (χ2v) is 13.5. The molecule has 0 unspecified atom stereocenters. The molecule has 1 N–H and O–H groups in total. The van der Waals surface area contributed by atoms with Crippen LogP contribution in [0.1, 0.15) is 23.6 Å². The minimum absolute atomic E-state index is 0.0272. The molecule has 0 radical (unpaired) electrons. The number of hydrogen-bond donors (Lipinski definition) is 1. The van der Waals surface area contributed by atoms with Crippen LogP contribution in [0, 0.1) is 0 Å². The van der Waals surface area contributed by atoms with E-state index in [2.05, 4.69) is 5.32 Å². The lowest BCUT2D eigenvalue weighted by atomic mass is 10.0. The van der Waals surface area contributed by atoms with Gasteiger partial charge >= 0.3 is 6.18 Å². The summed E-state index contributed by atoms with van der Waals surface area (Å²) in [6.45, 7) is 0.652. The van der Waals surface area contributed by atoms with Gasteiger partial charge in [0, 0.05) is 29.6 Å². The van der Waals surface area contributed by atoms with E-state index in [4.69, 9.17) is 34.8 Å². The molecule has 14 heteroatoms. The number of halogens is 6. The lowest BCUT2D eigenvalue weighted by Crippen LogP contribution is -2.53. The van der Waals surface area contributed by atoms with E-state index in [1.54, 1.807) is 49.4 Å². The van der Waals surface area contributed by atoms with Crippen molar-refractivity contribution in [2.45, 2.75) is 37.0 Å². The van der Waals surface area contributed by atoms with Crippen LogP contribution in [0.15, 0.2) is 102 Å². The lowest BCUT2D eigenvalue weighted by Gasteiger charge is -2.34. The Morgan fingerprint density at radius 3 is 2.09 bits per heavy atom. The van der Waals surface area contributed by atoms with E-state index in [1.807, 2.05) is 0 Å². The summed E-state index contributed by atoms with van der Waals surface area (Å²) >= 11 is 18.9. The molecule has 0 saturated heterocycles. The predicted molar refractivity (Wildman–Crippen MR) is 177 cm³/mol. The van der Waals surface area contributed by atoms with Gasteiger partial charge in [0.25, 0.3) is 10.0 Å². The first kappa shape index (κ1) is 36.1. The quantitative estimate of drug-likeness (QED) is 0.163. The van der Waals surface area contributed by atoms with Crippen LogP contribution in [-0.4, -0.2) is 44.3 Å². The van der Waals surface area contributed by atoms with Crippen LogP contribution in [-0.2, 0) is 38.8 Å². The molecule has 1 atom stereocenters. The van der Waals surface area contributed by atoms with E-state index in [-0.39, 0.29) is 34.5 Å². The summed E-state index contributed by atoms with van der Waals surface area (Å²) in [5.74, 6) is -1.44. The fourth-order valence-corrected chi connectivity index (χ4v) is 6.98. The normalized spacial score (nSPS) is 12.3. The van der Waals surface area contributed by atoms with Gasteiger partial charge in [-0.1, -0.05) is 89.4 Å². The smallest absolute Gasteiger partial charge is 0.355 e. The van der Waals surface area contributed by atoms with Gasteiger partial charge in [0.1, 0.15) is 12.6 Å². The summed E-state index contributed by atoms with van der Waals surface area (Å²) in [5.41, 5.74) is -0.660. The number of nitrogens with zero attached hydrogens (tertiary/aromatic N) is 2. The summed E-state index contributed by atoms with van der Waals surface area (Å²) in [7, 11) is -4.68. The highest BCUT2D eigenvalue weighted by atomic mass is 35.5. The third kappa shape index (κ3) is 8.98. The highest BCUT2D eigenvalue weighted by Gasteiger charge is 2.37. The van der Waals surface area contributed by atoms with Gasteiger partial charge in [-0.25, -0.2) is 8.42 Å². The van der Waals surface area contributed by atoms with Crippen molar-refractivity contribution >= 4 is 62.3 Å². The molecule has 7 nitrogen and oxygen atoms in total. The molecule has 4 rings (SSSR count). The number of alkyl halides is 3. The van der Waals surface area contributed by atoms with Crippen molar-refractivity contribution in [2.75, 3.05) is 17.4 Å². The number of carbonyl (C=O) groups excluding carboxylic acids is 2. The van der Waals surface area contributed by atoms with Crippen LogP contribution < -0.4 is 9.62 Å². The summed E-state index contributed by atoms with van der Waals surface area (Å²) < 4.78 is 70.0. The number of likely N-dealkylation sites (N-methyl/N-ethyl adjacent to an activating group) is 1. The molecule has 47 heavy (non-hydrogen) atoms. The van der Waals surface area contributed by atoms with Gasteiger partial charge in [-0.2, -0.15) is 13.2 Å². The van der Waals surface area contributed by atoms with Crippen LogP contribution in [0.5, 0.6) is 0 Å². The van der Waals surface area contributed by atoms with Gasteiger partial charge in [0.05, 0.1) is 21.2 Å². The molecule has 0 aliphatic heterocycles. The minimum Gasteiger partial charge on any atom is -0.355 e. The van der Waals surface area contributed by atoms with Crippen LogP contribution >= 0.6 is 34.8 Å². The van der Waals surface area contributed by atoms with Crippen LogP contribution in [0.4, 0.5) is 18.9 Å². The zero-order valence-corrected chi connectivity index (χ0v) is 27.9. The Labute approximate surface area is 285 Å². The van der Waals surface area contributed by atoms with Crippen LogP contribution in [0.25, 0.3) is 0 Å². The minimum atomic E-state index is -4.85. The van der Waals surface area contributed by atoms with Crippen molar-refractivity contribution in [2.24, 2.45) is 0 Å². The van der Waals surface area contributed by atoms with Gasteiger partial charge in [0.2, 0.25) is 11.8 Å². The zero-order valence-electron chi connectivity index (χ0n) is 24.8. The van der Waals surface area contributed by atoms with Crippen molar-refractivity contribution in [3.8, 4) is 0 Å². The standard InChI is InChI=1S/C33H29Cl3F3N3O4S/c1-2-40-32(44)30(17-22-9-5-3-6-10-22)41(20-23-13-15-25(34)19-28(23)36)31(43)21-42(47(45,46)26-11-7-4-8-12-26)29-18-24(33(37,38)39)14-16-27(29)35/h3-16,18-19,30H,2,17,20-21H2,1H3,(H,40,44)/t30-/m1/s1. The summed E-state index contributed by atoms with van der Waals surface area (Å²) in [5, 5.41) is 2.87. The molecule has 0 aliphatic rings. The number of benzene rings is 4. The number of nitrogens with one attached hydrogen (secondary N) is 1. The predicted octanol–water partition coefficient (Wildman–Crippen LogP) is 7.64. The van der Waals surface area contributed by atoms with E-state index in [0.717, 1.165) is 11.0 Å². The van der Waals surface area contributed by atoms with Gasteiger partial charge in [-0.15, -0.1) is 0 Å². The molecular weight excluding hydrogens is 698 g/mol. The average Bonchev–Trinajstić information content (AvgIpc) is 3.03. The number of carbonyl (C=O) groups is 2. The summed E-state index contributed by atoms with van der Waals surface area (Å²) in [6, 6.07) is 21.3. The molecule has 0 heterocycles. The Bertz CT molecular complexity index is 1830. The molecule has 0 saturated carbocycles. The second-order valence-electron chi connectivity index (χ2n) is 10.3. The first-order valence-electron chi connectivity index (χ1n) is 14.2. The molecule has 0 bridgehead atoms. The monoisotopic (exact) mass is 725 g/mol.